The molecule has 1 aromatic heterocycles. The molecule has 1 aliphatic heterocycles. The first-order valence-corrected chi connectivity index (χ1v) is 6.85. The summed E-state index contributed by atoms with van der Waals surface area (Å²) in [5.74, 6) is -1.24. The van der Waals surface area contributed by atoms with Crippen molar-refractivity contribution in [2.45, 2.75) is 24.6 Å². The van der Waals surface area contributed by atoms with Crippen molar-refractivity contribution in [2.75, 3.05) is 10.7 Å². The van der Waals surface area contributed by atoms with Gasteiger partial charge >= 0.3 is 5.97 Å². The third-order valence-corrected chi connectivity index (χ3v) is 4.07. The average Bonchev–Trinajstić information content (AvgIpc) is 2.90. The number of carboxylic acid groups (broad SMARTS) is 1. The number of amides is 2. The Morgan fingerprint density at radius 2 is 2.40 bits per heavy atom. The minimum atomic E-state index is -1.14. The van der Waals surface area contributed by atoms with Crippen LogP contribution in [0.3, 0.4) is 0 Å². The predicted octanol–water partition coefficient (Wildman–Crippen LogP) is -0.240. The Morgan fingerprint density at radius 1 is 1.70 bits per heavy atom. The molecule has 3 N–H and O–H groups in total. The van der Waals surface area contributed by atoms with E-state index in [1.165, 1.54) is 6.07 Å². The lowest BCUT2D eigenvalue weighted by Crippen LogP contribution is -2.35. The Hall–Kier alpha value is -1.87. The van der Waals surface area contributed by atoms with E-state index >= 15 is 0 Å². The van der Waals surface area contributed by atoms with Crippen LogP contribution in [0, 0.1) is 6.92 Å². The van der Waals surface area contributed by atoms with Gasteiger partial charge in [0.05, 0.1) is 5.25 Å². The molecule has 0 spiro atoms. The first kappa shape index (κ1) is 14.5. The third-order valence-electron chi connectivity index (χ3n) is 2.74. The largest absolute Gasteiger partial charge is 0.480 e. The predicted molar refractivity (Wildman–Crippen MR) is 70.2 cm³/mol. The molecular formula is C11H13N3O5S. The van der Waals surface area contributed by atoms with E-state index < -0.39 is 23.2 Å². The van der Waals surface area contributed by atoms with Crippen LogP contribution in [0.15, 0.2) is 10.6 Å². The minimum absolute atomic E-state index is 0.00173. The first-order chi connectivity index (χ1) is 9.40. The van der Waals surface area contributed by atoms with Crippen molar-refractivity contribution in [3.63, 3.8) is 0 Å². The van der Waals surface area contributed by atoms with Crippen LogP contribution in [-0.4, -0.2) is 45.1 Å². The summed E-state index contributed by atoms with van der Waals surface area (Å²) >= 11 is 1.06. The second-order valence-corrected chi connectivity index (χ2v) is 5.57. The Morgan fingerprint density at radius 3 is 2.95 bits per heavy atom. The van der Waals surface area contributed by atoms with E-state index in [4.69, 9.17) is 15.4 Å². The smallest absolute Gasteiger partial charge is 0.321 e. The van der Waals surface area contributed by atoms with Crippen LogP contribution in [0.2, 0.25) is 0 Å². The molecule has 2 rings (SSSR count). The van der Waals surface area contributed by atoms with Crippen molar-refractivity contribution >= 4 is 35.4 Å². The fraction of sp³-hybridized carbons (Fsp3) is 0.455. The van der Waals surface area contributed by atoms with Gasteiger partial charge in [-0.2, -0.15) is 0 Å². The highest BCUT2D eigenvalue weighted by Crippen LogP contribution is 2.29. The molecule has 1 aromatic rings. The van der Waals surface area contributed by atoms with Gasteiger partial charge in [0, 0.05) is 18.2 Å². The lowest BCUT2D eigenvalue weighted by atomic mass is 10.3. The van der Waals surface area contributed by atoms with Gasteiger partial charge in [0.2, 0.25) is 11.8 Å². The molecular weight excluding hydrogens is 286 g/mol. The zero-order valence-corrected chi connectivity index (χ0v) is 11.4. The van der Waals surface area contributed by atoms with Gasteiger partial charge < -0.3 is 15.4 Å². The SMILES string of the molecule is Cc1cc(N2C(=O)CC(SCC(N)C(=O)O)C2=O)no1. The number of rotatable bonds is 5. The minimum Gasteiger partial charge on any atom is -0.480 e. The number of carboxylic acids is 1. The molecule has 2 unspecified atom stereocenters. The number of thioether (sulfide) groups is 1. The second kappa shape index (κ2) is 5.63. The average molecular weight is 299 g/mol. The van der Waals surface area contributed by atoms with Crippen molar-refractivity contribution in [2.24, 2.45) is 5.73 Å². The maximum absolute atomic E-state index is 12.1. The monoisotopic (exact) mass is 299 g/mol. The summed E-state index contributed by atoms with van der Waals surface area (Å²) in [6.07, 6.45) is 0.00173. The Kier molecular flexibility index (Phi) is 4.09. The number of anilines is 1. The number of aliphatic carboxylic acids is 1. The molecule has 0 aromatic carbocycles. The van der Waals surface area contributed by atoms with E-state index in [0.29, 0.717) is 5.76 Å². The highest BCUT2D eigenvalue weighted by atomic mass is 32.2. The van der Waals surface area contributed by atoms with Gasteiger partial charge in [-0.15, -0.1) is 11.8 Å². The van der Waals surface area contributed by atoms with E-state index in [-0.39, 0.29) is 23.9 Å². The van der Waals surface area contributed by atoms with Crippen molar-refractivity contribution in [1.29, 1.82) is 0 Å². The number of hydrogen-bond donors (Lipinski definition) is 2. The van der Waals surface area contributed by atoms with E-state index in [1.54, 1.807) is 6.92 Å². The zero-order valence-electron chi connectivity index (χ0n) is 10.6. The number of nitrogens with zero attached hydrogens (tertiary/aromatic N) is 2. The van der Waals surface area contributed by atoms with Crippen LogP contribution in [0.4, 0.5) is 5.82 Å². The lowest BCUT2D eigenvalue weighted by molar-refractivity contribution is -0.138. The van der Waals surface area contributed by atoms with Crippen molar-refractivity contribution in [3.05, 3.63) is 11.8 Å². The van der Waals surface area contributed by atoms with Crippen molar-refractivity contribution < 1.29 is 24.0 Å². The maximum atomic E-state index is 12.1. The van der Waals surface area contributed by atoms with Gasteiger partial charge in [0.1, 0.15) is 11.8 Å². The molecule has 1 aliphatic rings. The quantitative estimate of drug-likeness (QED) is 0.713. The Balaban J connectivity index is 2.04. The molecule has 1 saturated heterocycles. The number of hydrogen-bond acceptors (Lipinski definition) is 7. The summed E-state index contributed by atoms with van der Waals surface area (Å²) in [7, 11) is 0. The molecule has 108 valence electrons. The first-order valence-electron chi connectivity index (χ1n) is 5.80. The summed E-state index contributed by atoms with van der Waals surface area (Å²) in [5, 5.41) is 11.7. The highest BCUT2D eigenvalue weighted by molar-refractivity contribution is 8.00. The standard InChI is InChI=1S/C11H13N3O5S/c1-5-2-8(13-19-5)14-9(15)3-7(10(14)16)20-4-6(12)11(17)18/h2,6-7H,3-4,12H2,1H3,(H,17,18). The molecule has 9 heteroatoms. The summed E-state index contributed by atoms with van der Waals surface area (Å²) < 4.78 is 4.84. The maximum Gasteiger partial charge on any atom is 0.321 e. The molecule has 20 heavy (non-hydrogen) atoms. The molecule has 0 aliphatic carbocycles. The van der Waals surface area contributed by atoms with Crippen LogP contribution >= 0.6 is 11.8 Å². The second-order valence-electron chi connectivity index (χ2n) is 4.33. The molecule has 2 heterocycles. The summed E-state index contributed by atoms with van der Waals surface area (Å²) in [6.45, 7) is 1.65. The fourth-order valence-electron chi connectivity index (χ4n) is 1.72. The molecule has 0 saturated carbocycles. The third kappa shape index (κ3) is 2.83. The number of aromatic nitrogens is 1. The normalized spacial score (nSPS) is 20.5. The van der Waals surface area contributed by atoms with Gasteiger partial charge in [-0.3, -0.25) is 14.4 Å². The molecule has 8 nitrogen and oxygen atoms in total. The van der Waals surface area contributed by atoms with Crippen molar-refractivity contribution in [3.8, 4) is 0 Å². The van der Waals surface area contributed by atoms with Gasteiger partial charge in [-0.25, -0.2) is 4.90 Å². The fourth-order valence-corrected chi connectivity index (χ4v) is 2.82. The van der Waals surface area contributed by atoms with Gasteiger partial charge in [0.15, 0.2) is 5.82 Å². The summed E-state index contributed by atoms with van der Waals surface area (Å²) in [6, 6.07) is 0.428. The van der Waals surface area contributed by atoms with Crippen LogP contribution in [0.5, 0.6) is 0 Å². The Labute approximate surface area is 118 Å². The van der Waals surface area contributed by atoms with E-state index in [9.17, 15) is 14.4 Å². The zero-order chi connectivity index (χ0) is 14.9. The topological polar surface area (TPSA) is 127 Å². The molecule has 2 atom stereocenters. The summed E-state index contributed by atoms with van der Waals surface area (Å²) in [4.78, 5) is 35.5. The Bertz CT molecular complexity index is 558. The van der Waals surface area contributed by atoms with Gasteiger partial charge in [-0.05, 0) is 6.92 Å². The molecule has 1 fully saturated rings. The molecule has 0 radical (unpaired) electrons. The number of carbonyl (C=O) groups excluding carboxylic acids is 2. The highest BCUT2D eigenvalue weighted by Gasteiger charge is 2.41. The van der Waals surface area contributed by atoms with E-state index in [2.05, 4.69) is 5.16 Å². The van der Waals surface area contributed by atoms with Crippen molar-refractivity contribution in [1.82, 2.24) is 5.16 Å². The number of aryl methyl sites for hydroxylation is 1. The van der Waals surface area contributed by atoms with Gasteiger partial charge in [0.25, 0.3) is 0 Å². The molecule has 0 bridgehead atoms. The lowest BCUT2D eigenvalue weighted by Gasteiger charge is -2.11. The van der Waals surface area contributed by atoms with Gasteiger partial charge in [-0.1, -0.05) is 5.16 Å². The van der Waals surface area contributed by atoms with Crippen LogP contribution in [0.25, 0.3) is 0 Å². The van der Waals surface area contributed by atoms with Crippen LogP contribution in [0.1, 0.15) is 12.2 Å². The van der Waals surface area contributed by atoms with Crippen LogP contribution < -0.4 is 10.6 Å². The van der Waals surface area contributed by atoms with E-state index in [1.807, 2.05) is 0 Å². The number of carbonyl (C=O) groups is 3. The van der Waals surface area contributed by atoms with Crippen LogP contribution in [-0.2, 0) is 14.4 Å². The number of imide groups is 1. The molecule has 2 amide bonds. The summed E-state index contributed by atoms with van der Waals surface area (Å²) in [5.41, 5.74) is 5.37. The van der Waals surface area contributed by atoms with E-state index in [0.717, 1.165) is 16.7 Å². The number of nitrogens with two attached hydrogens (primary N) is 1.